The maximum Gasteiger partial charge on any atom is 0.254 e. The van der Waals surface area contributed by atoms with Gasteiger partial charge in [-0.25, -0.2) is 9.97 Å². The summed E-state index contributed by atoms with van der Waals surface area (Å²) in [6.45, 7) is 4.45. The standard InChI is InChI=1S/C33H48N6O/c1-2-23-39(29-7-5-3-4-6-8-29)30-17-13-27(14-18-30)10-9-26-11-15-28(16-12-26)33(40)38(24-31-34-19-20-35-31)25-32-36-21-22-37-32/h11-12,15-16,19-22,27,29-30H,2-10,13-14,17-18,23-25H2,1H3,(H,34,35)(H,36,37). The minimum Gasteiger partial charge on any atom is -0.347 e. The number of carbonyl (C=O) groups is 1. The fourth-order valence-electron chi connectivity index (χ4n) is 6.97. The third-order valence-corrected chi connectivity index (χ3v) is 9.18. The van der Waals surface area contributed by atoms with E-state index in [0.29, 0.717) is 18.7 Å². The fourth-order valence-corrected chi connectivity index (χ4v) is 6.97. The second-order valence-corrected chi connectivity index (χ2v) is 12.0. The van der Waals surface area contributed by atoms with E-state index in [1.54, 1.807) is 29.7 Å². The van der Waals surface area contributed by atoms with Gasteiger partial charge in [0.15, 0.2) is 0 Å². The molecule has 0 unspecified atom stereocenters. The summed E-state index contributed by atoms with van der Waals surface area (Å²) in [5.74, 6) is 2.34. The summed E-state index contributed by atoms with van der Waals surface area (Å²) >= 11 is 0. The Hall–Kier alpha value is -2.93. The van der Waals surface area contributed by atoms with Crippen LogP contribution in [0.2, 0.25) is 0 Å². The molecule has 3 aromatic rings. The van der Waals surface area contributed by atoms with E-state index in [2.05, 4.69) is 43.9 Å². The van der Waals surface area contributed by atoms with E-state index >= 15 is 0 Å². The second-order valence-electron chi connectivity index (χ2n) is 12.0. The number of aryl methyl sites for hydroxylation is 1. The molecule has 2 heterocycles. The predicted molar refractivity (Wildman–Crippen MR) is 160 cm³/mol. The third-order valence-electron chi connectivity index (χ3n) is 9.18. The Balaban J connectivity index is 1.11. The SMILES string of the molecule is CCCN(C1CCCCCC1)C1CCC(CCc2ccc(C(=O)N(Cc3ncc[nH]3)Cc3ncc[nH]3)cc2)CC1. The molecule has 2 N–H and O–H groups in total. The number of nitrogens with one attached hydrogen (secondary N) is 2. The van der Waals surface area contributed by atoms with Gasteiger partial charge in [-0.1, -0.05) is 44.7 Å². The van der Waals surface area contributed by atoms with Gasteiger partial charge in [0.25, 0.3) is 5.91 Å². The van der Waals surface area contributed by atoms with Crippen molar-refractivity contribution in [2.24, 2.45) is 5.92 Å². The summed E-state index contributed by atoms with van der Waals surface area (Å²) in [5.41, 5.74) is 2.03. The highest BCUT2D eigenvalue weighted by molar-refractivity contribution is 5.94. The molecule has 2 fully saturated rings. The number of aromatic nitrogens is 4. The highest BCUT2D eigenvalue weighted by Gasteiger charge is 2.30. The van der Waals surface area contributed by atoms with Gasteiger partial charge < -0.3 is 14.9 Å². The van der Waals surface area contributed by atoms with Crippen LogP contribution in [-0.2, 0) is 19.5 Å². The van der Waals surface area contributed by atoms with Gasteiger partial charge in [0, 0.05) is 42.4 Å². The first kappa shape index (κ1) is 28.6. The smallest absolute Gasteiger partial charge is 0.254 e. The number of imidazole rings is 2. The molecule has 7 nitrogen and oxygen atoms in total. The molecule has 2 aliphatic rings. The van der Waals surface area contributed by atoms with E-state index in [4.69, 9.17) is 0 Å². The lowest BCUT2D eigenvalue weighted by atomic mass is 9.81. The van der Waals surface area contributed by atoms with E-state index in [0.717, 1.165) is 36.1 Å². The molecule has 40 heavy (non-hydrogen) atoms. The fraction of sp³-hybridized carbons (Fsp3) is 0.606. The molecule has 7 heteroatoms. The number of nitrogens with zero attached hydrogens (tertiary/aromatic N) is 4. The van der Waals surface area contributed by atoms with Crippen molar-refractivity contribution in [2.45, 2.75) is 116 Å². The van der Waals surface area contributed by atoms with Crippen LogP contribution in [0.4, 0.5) is 0 Å². The Morgan fingerprint density at radius 3 is 1.98 bits per heavy atom. The molecule has 0 radical (unpaired) electrons. The normalized spacial score (nSPS) is 20.4. The first-order valence-electron chi connectivity index (χ1n) is 15.8. The predicted octanol–water partition coefficient (Wildman–Crippen LogP) is 6.90. The minimum absolute atomic E-state index is 0.0111. The van der Waals surface area contributed by atoms with Gasteiger partial charge in [0.2, 0.25) is 0 Å². The average Bonchev–Trinajstić information content (AvgIpc) is 3.64. The molecule has 2 aromatic heterocycles. The number of hydrogen-bond acceptors (Lipinski definition) is 4. The number of H-pyrrole nitrogens is 2. The number of rotatable bonds is 12. The molecule has 2 aliphatic carbocycles. The van der Waals surface area contributed by atoms with Crippen LogP contribution in [0.5, 0.6) is 0 Å². The van der Waals surface area contributed by atoms with Crippen LogP contribution < -0.4 is 0 Å². The van der Waals surface area contributed by atoms with Crippen LogP contribution >= 0.6 is 0 Å². The van der Waals surface area contributed by atoms with E-state index < -0.39 is 0 Å². The molecule has 0 atom stereocenters. The molecule has 216 valence electrons. The number of aromatic amines is 2. The Labute approximate surface area is 240 Å². The van der Waals surface area contributed by atoms with Crippen LogP contribution in [0.3, 0.4) is 0 Å². The van der Waals surface area contributed by atoms with E-state index in [-0.39, 0.29) is 5.91 Å². The third kappa shape index (κ3) is 7.84. The van der Waals surface area contributed by atoms with Crippen molar-refractivity contribution in [1.82, 2.24) is 29.7 Å². The quantitative estimate of drug-likeness (QED) is 0.243. The van der Waals surface area contributed by atoms with E-state index in [1.165, 1.54) is 89.2 Å². The molecule has 1 amide bonds. The van der Waals surface area contributed by atoms with Crippen LogP contribution in [0.25, 0.3) is 0 Å². The van der Waals surface area contributed by atoms with Crippen molar-refractivity contribution in [3.63, 3.8) is 0 Å². The Morgan fingerprint density at radius 2 is 1.43 bits per heavy atom. The van der Waals surface area contributed by atoms with Gasteiger partial charge >= 0.3 is 0 Å². The maximum absolute atomic E-state index is 13.4. The van der Waals surface area contributed by atoms with Crippen LogP contribution in [0, 0.1) is 5.92 Å². The van der Waals surface area contributed by atoms with Crippen molar-refractivity contribution < 1.29 is 4.79 Å². The van der Waals surface area contributed by atoms with Crippen molar-refractivity contribution in [3.05, 3.63) is 71.8 Å². The molecule has 0 saturated heterocycles. The summed E-state index contributed by atoms with van der Waals surface area (Å²) in [7, 11) is 0. The number of carbonyl (C=O) groups excluding carboxylic acids is 1. The first-order valence-corrected chi connectivity index (χ1v) is 15.8. The van der Waals surface area contributed by atoms with E-state index in [9.17, 15) is 4.79 Å². The lowest BCUT2D eigenvalue weighted by Gasteiger charge is -2.41. The molecule has 5 rings (SSSR count). The van der Waals surface area contributed by atoms with Gasteiger partial charge in [-0.3, -0.25) is 9.69 Å². The zero-order valence-corrected chi connectivity index (χ0v) is 24.4. The van der Waals surface area contributed by atoms with Crippen LogP contribution in [0.1, 0.15) is 112 Å². The lowest BCUT2D eigenvalue weighted by molar-refractivity contribution is 0.0721. The Morgan fingerprint density at radius 1 is 0.825 bits per heavy atom. The number of amides is 1. The number of hydrogen-bond donors (Lipinski definition) is 2. The van der Waals surface area contributed by atoms with Crippen molar-refractivity contribution in [3.8, 4) is 0 Å². The van der Waals surface area contributed by atoms with Gasteiger partial charge in [-0.2, -0.15) is 0 Å². The maximum atomic E-state index is 13.4. The molecule has 1 aromatic carbocycles. The van der Waals surface area contributed by atoms with E-state index in [1.807, 2.05) is 12.1 Å². The van der Waals surface area contributed by atoms with Crippen LogP contribution in [0.15, 0.2) is 49.1 Å². The molecule has 2 saturated carbocycles. The molecule has 0 spiro atoms. The summed E-state index contributed by atoms with van der Waals surface area (Å²) in [5, 5.41) is 0. The van der Waals surface area contributed by atoms with Gasteiger partial charge in [0.1, 0.15) is 11.6 Å². The highest BCUT2D eigenvalue weighted by atomic mass is 16.2. The Kier molecular flexibility index (Phi) is 10.5. The summed E-state index contributed by atoms with van der Waals surface area (Å²) in [6.07, 6.45) is 24.6. The number of benzene rings is 1. The zero-order valence-electron chi connectivity index (χ0n) is 24.4. The zero-order chi connectivity index (χ0) is 27.6. The van der Waals surface area contributed by atoms with Crippen LogP contribution in [-0.4, -0.2) is 54.3 Å². The van der Waals surface area contributed by atoms with Gasteiger partial charge in [0.05, 0.1) is 13.1 Å². The van der Waals surface area contributed by atoms with Crippen molar-refractivity contribution >= 4 is 5.91 Å². The second kappa shape index (κ2) is 14.6. The molecule has 0 aliphatic heterocycles. The molecular weight excluding hydrogens is 496 g/mol. The van der Waals surface area contributed by atoms with Gasteiger partial charge in [-0.05, 0) is 87.9 Å². The lowest BCUT2D eigenvalue weighted by Crippen LogP contribution is -2.45. The Bertz CT molecular complexity index is 1070. The monoisotopic (exact) mass is 544 g/mol. The highest BCUT2D eigenvalue weighted by Crippen LogP contribution is 2.34. The topological polar surface area (TPSA) is 80.9 Å². The molecular formula is C33H48N6O. The molecule has 0 bridgehead atoms. The minimum atomic E-state index is -0.0111. The average molecular weight is 545 g/mol. The van der Waals surface area contributed by atoms with Gasteiger partial charge in [-0.15, -0.1) is 0 Å². The largest absolute Gasteiger partial charge is 0.347 e. The van der Waals surface area contributed by atoms with Crippen molar-refractivity contribution in [1.29, 1.82) is 0 Å². The first-order chi connectivity index (χ1) is 19.7. The summed E-state index contributed by atoms with van der Waals surface area (Å²) < 4.78 is 0. The van der Waals surface area contributed by atoms with Crippen molar-refractivity contribution in [2.75, 3.05) is 6.54 Å². The summed E-state index contributed by atoms with van der Waals surface area (Å²) in [4.78, 5) is 33.0. The summed E-state index contributed by atoms with van der Waals surface area (Å²) in [6, 6.07) is 9.90.